The van der Waals surface area contributed by atoms with Crippen LogP contribution in [-0.2, 0) is 26.1 Å². The van der Waals surface area contributed by atoms with Crippen molar-refractivity contribution >= 4 is 16.0 Å². The van der Waals surface area contributed by atoms with Crippen LogP contribution in [0.1, 0.15) is 11.1 Å². The fourth-order valence-corrected chi connectivity index (χ4v) is 3.84. The SMILES string of the molecule is COC(=O)CN(Cc1ccccc1)S(=O)(=O)c1ccc(OC)c(C)c1. The Balaban J connectivity index is 2.40. The molecule has 25 heavy (non-hydrogen) atoms. The van der Waals surface area contributed by atoms with Gasteiger partial charge in [0.25, 0.3) is 0 Å². The molecule has 2 rings (SSSR count). The average molecular weight is 363 g/mol. The first-order valence-electron chi connectivity index (χ1n) is 7.64. The quantitative estimate of drug-likeness (QED) is 0.706. The highest BCUT2D eigenvalue weighted by molar-refractivity contribution is 7.89. The van der Waals surface area contributed by atoms with Crippen LogP contribution in [0.5, 0.6) is 5.75 Å². The third kappa shape index (κ3) is 4.58. The van der Waals surface area contributed by atoms with Crippen molar-refractivity contribution in [1.29, 1.82) is 0 Å². The number of rotatable bonds is 7. The number of esters is 1. The van der Waals surface area contributed by atoms with Crippen LogP contribution in [-0.4, -0.2) is 39.5 Å². The number of carbonyl (C=O) groups excluding carboxylic acids is 1. The standard InChI is InChI=1S/C18H21NO5S/c1-14-11-16(9-10-17(14)23-2)25(21,22)19(13-18(20)24-3)12-15-7-5-4-6-8-15/h4-11H,12-13H2,1-3H3. The lowest BCUT2D eigenvalue weighted by Gasteiger charge is -2.21. The van der Waals surface area contributed by atoms with E-state index in [2.05, 4.69) is 4.74 Å². The van der Waals surface area contributed by atoms with Gasteiger partial charge in [-0.15, -0.1) is 0 Å². The van der Waals surface area contributed by atoms with Crippen molar-refractivity contribution in [2.45, 2.75) is 18.4 Å². The van der Waals surface area contributed by atoms with Crippen LogP contribution < -0.4 is 4.74 Å². The van der Waals surface area contributed by atoms with E-state index in [0.29, 0.717) is 11.3 Å². The molecule has 134 valence electrons. The molecule has 2 aromatic carbocycles. The first-order valence-corrected chi connectivity index (χ1v) is 9.08. The van der Waals surface area contributed by atoms with Gasteiger partial charge in [-0.05, 0) is 36.2 Å². The fraction of sp³-hybridized carbons (Fsp3) is 0.278. The van der Waals surface area contributed by atoms with Crippen molar-refractivity contribution in [1.82, 2.24) is 4.31 Å². The van der Waals surface area contributed by atoms with E-state index in [1.807, 2.05) is 18.2 Å². The highest BCUT2D eigenvalue weighted by Gasteiger charge is 2.27. The Hall–Kier alpha value is -2.38. The van der Waals surface area contributed by atoms with Gasteiger partial charge < -0.3 is 9.47 Å². The van der Waals surface area contributed by atoms with Crippen molar-refractivity contribution in [2.75, 3.05) is 20.8 Å². The monoisotopic (exact) mass is 363 g/mol. The first kappa shape index (κ1) is 19.0. The Morgan fingerprint density at radius 3 is 2.32 bits per heavy atom. The molecule has 0 unspecified atom stereocenters. The lowest BCUT2D eigenvalue weighted by atomic mass is 10.2. The zero-order valence-corrected chi connectivity index (χ0v) is 15.2. The first-order chi connectivity index (χ1) is 11.9. The molecule has 0 radical (unpaired) electrons. The molecular formula is C18H21NO5S. The van der Waals surface area contributed by atoms with E-state index >= 15 is 0 Å². The number of carbonyl (C=O) groups is 1. The van der Waals surface area contributed by atoms with Crippen molar-refractivity contribution in [3.63, 3.8) is 0 Å². The van der Waals surface area contributed by atoms with Crippen LogP contribution in [0.4, 0.5) is 0 Å². The van der Waals surface area contributed by atoms with E-state index in [4.69, 9.17) is 4.74 Å². The Morgan fingerprint density at radius 1 is 1.08 bits per heavy atom. The predicted octanol–water partition coefficient (Wildman–Crippen LogP) is 2.37. The normalized spacial score (nSPS) is 11.4. The molecule has 0 N–H and O–H groups in total. The summed E-state index contributed by atoms with van der Waals surface area (Å²) >= 11 is 0. The number of ether oxygens (including phenoxy) is 2. The second-order valence-electron chi connectivity index (χ2n) is 5.47. The summed E-state index contributed by atoms with van der Waals surface area (Å²) in [5.74, 6) is -0.0220. The number of methoxy groups -OCH3 is 2. The van der Waals surface area contributed by atoms with Gasteiger partial charge in [0.15, 0.2) is 0 Å². The van der Waals surface area contributed by atoms with Gasteiger partial charge in [-0.1, -0.05) is 30.3 Å². The lowest BCUT2D eigenvalue weighted by molar-refractivity contribution is -0.140. The van der Waals surface area contributed by atoms with E-state index in [1.165, 1.54) is 26.4 Å². The smallest absolute Gasteiger partial charge is 0.321 e. The largest absolute Gasteiger partial charge is 0.496 e. The zero-order valence-electron chi connectivity index (χ0n) is 14.4. The van der Waals surface area contributed by atoms with E-state index in [9.17, 15) is 13.2 Å². The minimum atomic E-state index is -3.87. The number of hydrogen-bond acceptors (Lipinski definition) is 5. The summed E-state index contributed by atoms with van der Waals surface area (Å²) in [5.41, 5.74) is 1.47. The minimum absolute atomic E-state index is 0.0728. The van der Waals surface area contributed by atoms with Gasteiger partial charge in [0.05, 0.1) is 19.1 Å². The fourth-order valence-electron chi connectivity index (χ4n) is 2.38. The van der Waals surface area contributed by atoms with Crippen LogP contribution in [0.25, 0.3) is 0 Å². The predicted molar refractivity (Wildman–Crippen MR) is 93.8 cm³/mol. The van der Waals surface area contributed by atoms with Gasteiger partial charge in [-0.2, -0.15) is 4.31 Å². The molecule has 0 atom stereocenters. The summed E-state index contributed by atoms with van der Waals surface area (Å²) in [6.45, 7) is 1.47. The minimum Gasteiger partial charge on any atom is -0.496 e. The Bertz CT molecular complexity index is 834. The molecule has 0 saturated heterocycles. The second kappa shape index (κ2) is 8.13. The summed E-state index contributed by atoms with van der Waals surface area (Å²) in [6.07, 6.45) is 0. The number of aryl methyl sites for hydroxylation is 1. The summed E-state index contributed by atoms with van der Waals surface area (Å²) in [6, 6.07) is 13.7. The maximum atomic E-state index is 13.0. The number of sulfonamides is 1. The van der Waals surface area contributed by atoms with E-state index in [1.54, 1.807) is 25.1 Å². The third-order valence-corrected chi connectivity index (χ3v) is 5.53. The van der Waals surface area contributed by atoms with Crippen molar-refractivity contribution in [3.05, 3.63) is 59.7 Å². The maximum absolute atomic E-state index is 13.0. The van der Waals surface area contributed by atoms with Gasteiger partial charge in [-0.3, -0.25) is 4.79 Å². The summed E-state index contributed by atoms with van der Waals surface area (Å²) < 4.78 is 37.0. The van der Waals surface area contributed by atoms with Gasteiger partial charge in [0.1, 0.15) is 12.3 Å². The van der Waals surface area contributed by atoms with Crippen LogP contribution in [0.2, 0.25) is 0 Å². The van der Waals surface area contributed by atoms with Crippen LogP contribution >= 0.6 is 0 Å². The molecule has 6 nitrogen and oxygen atoms in total. The molecule has 0 amide bonds. The molecule has 2 aromatic rings. The van der Waals surface area contributed by atoms with Crippen LogP contribution in [0, 0.1) is 6.92 Å². The van der Waals surface area contributed by atoms with Gasteiger partial charge in [0.2, 0.25) is 10.0 Å². The number of hydrogen-bond donors (Lipinski definition) is 0. The summed E-state index contributed by atoms with van der Waals surface area (Å²) in [5, 5.41) is 0. The Morgan fingerprint density at radius 2 is 1.76 bits per heavy atom. The maximum Gasteiger partial charge on any atom is 0.321 e. The van der Waals surface area contributed by atoms with Crippen molar-refractivity contribution in [2.24, 2.45) is 0 Å². The molecule has 0 saturated carbocycles. The summed E-state index contributed by atoms with van der Waals surface area (Å²) in [7, 11) is -1.12. The second-order valence-corrected chi connectivity index (χ2v) is 7.40. The molecule has 0 spiro atoms. The molecule has 0 heterocycles. The zero-order chi connectivity index (χ0) is 18.4. The van der Waals surface area contributed by atoms with E-state index in [0.717, 1.165) is 9.87 Å². The average Bonchev–Trinajstić information content (AvgIpc) is 2.61. The topological polar surface area (TPSA) is 72.9 Å². The molecule has 0 fully saturated rings. The van der Waals surface area contributed by atoms with Gasteiger partial charge in [0, 0.05) is 6.54 Å². The molecule has 0 aliphatic heterocycles. The lowest BCUT2D eigenvalue weighted by Crippen LogP contribution is -2.35. The summed E-state index contributed by atoms with van der Waals surface area (Å²) in [4.78, 5) is 11.8. The van der Waals surface area contributed by atoms with E-state index < -0.39 is 16.0 Å². The molecule has 7 heteroatoms. The highest BCUT2D eigenvalue weighted by Crippen LogP contribution is 2.24. The van der Waals surface area contributed by atoms with Crippen molar-refractivity contribution in [3.8, 4) is 5.75 Å². The van der Waals surface area contributed by atoms with Crippen LogP contribution in [0.3, 0.4) is 0 Å². The Labute approximate surface area is 148 Å². The van der Waals surface area contributed by atoms with E-state index in [-0.39, 0.29) is 18.0 Å². The van der Waals surface area contributed by atoms with Gasteiger partial charge >= 0.3 is 5.97 Å². The molecule has 0 aliphatic carbocycles. The highest BCUT2D eigenvalue weighted by atomic mass is 32.2. The molecule has 0 aromatic heterocycles. The van der Waals surface area contributed by atoms with Crippen LogP contribution in [0.15, 0.2) is 53.4 Å². The van der Waals surface area contributed by atoms with Gasteiger partial charge in [-0.25, -0.2) is 8.42 Å². The molecule has 0 bridgehead atoms. The Kier molecular flexibility index (Phi) is 6.17. The molecule has 0 aliphatic rings. The third-order valence-electron chi connectivity index (χ3n) is 3.74. The number of nitrogens with zero attached hydrogens (tertiary/aromatic N) is 1. The number of benzene rings is 2. The van der Waals surface area contributed by atoms with Crippen molar-refractivity contribution < 1.29 is 22.7 Å². The molecular weight excluding hydrogens is 342 g/mol.